The summed E-state index contributed by atoms with van der Waals surface area (Å²) in [4.78, 5) is 3.84. The second kappa shape index (κ2) is 4.05. The highest BCUT2D eigenvalue weighted by molar-refractivity contribution is 4.77. The van der Waals surface area contributed by atoms with Crippen molar-refractivity contribution in [2.24, 2.45) is 5.73 Å². The van der Waals surface area contributed by atoms with Gasteiger partial charge in [0.15, 0.2) is 5.82 Å². The molecule has 0 amide bonds. The van der Waals surface area contributed by atoms with Crippen LogP contribution in [0.4, 0.5) is 0 Å². The van der Waals surface area contributed by atoms with Crippen LogP contribution < -0.4 is 11.1 Å². The Balaban J connectivity index is 2.23. The van der Waals surface area contributed by atoms with Gasteiger partial charge in [-0.1, -0.05) is 5.16 Å². The van der Waals surface area contributed by atoms with Crippen molar-refractivity contribution in [2.75, 3.05) is 6.54 Å². The minimum Gasteiger partial charge on any atom is -0.343 e. The van der Waals surface area contributed by atoms with Crippen molar-refractivity contribution in [1.29, 1.82) is 0 Å². The van der Waals surface area contributed by atoms with Gasteiger partial charge in [0, 0.05) is 12.6 Å². The lowest BCUT2D eigenvalue weighted by Crippen LogP contribution is -2.32. The Kier molecular flexibility index (Phi) is 3.00. The van der Waals surface area contributed by atoms with Crippen LogP contribution in [0, 0.1) is 0 Å². The summed E-state index contributed by atoms with van der Waals surface area (Å²) in [6.45, 7) is 3.22. The van der Waals surface area contributed by atoms with E-state index in [-0.39, 0.29) is 6.04 Å². The van der Waals surface area contributed by atoms with E-state index in [9.17, 15) is 0 Å². The molecule has 1 heterocycles. The van der Waals surface area contributed by atoms with Gasteiger partial charge >= 0.3 is 0 Å². The van der Waals surface area contributed by atoms with Crippen LogP contribution in [0.1, 0.15) is 12.7 Å². The van der Waals surface area contributed by atoms with Crippen LogP contribution in [0.5, 0.6) is 0 Å². The summed E-state index contributed by atoms with van der Waals surface area (Å²) in [5.74, 6) is 0.658. The standard InChI is InChI=1S/C6H12N4O/c1-5(2-7)8-3-6-9-4-11-10-6/h4-5,8H,2-3,7H2,1H3. The first kappa shape index (κ1) is 8.16. The van der Waals surface area contributed by atoms with Crippen molar-refractivity contribution in [3.8, 4) is 0 Å². The molecule has 0 aliphatic rings. The molecule has 11 heavy (non-hydrogen) atoms. The number of rotatable bonds is 4. The van der Waals surface area contributed by atoms with Crippen LogP contribution in [-0.4, -0.2) is 22.7 Å². The Hall–Kier alpha value is -0.940. The van der Waals surface area contributed by atoms with E-state index in [2.05, 4.69) is 20.0 Å². The first-order valence-corrected chi connectivity index (χ1v) is 3.51. The molecule has 0 bridgehead atoms. The summed E-state index contributed by atoms with van der Waals surface area (Å²) in [5, 5.41) is 6.76. The average Bonchev–Trinajstić information content (AvgIpc) is 2.52. The van der Waals surface area contributed by atoms with Crippen molar-refractivity contribution >= 4 is 0 Å². The predicted octanol–water partition coefficient (Wildman–Crippen LogP) is -0.494. The number of aromatic nitrogens is 2. The van der Waals surface area contributed by atoms with E-state index in [4.69, 9.17) is 5.73 Å². The zero-order valence-corrected chi connectivity index (χ0v) is 6.45. The van der Waals surface area contributed by atoms with E-state index in [1.54, 1.807) is 0 Å². The number of hydrogen-bond acceptors (Lipinski definition) is 5. The normalized spacial score (nSPS) is 13.3. The molecule has 1 atom stereocenters. The monoisotopic (exact) mass is 156 g/mol. The Bertz CT molecular complexity index is 186. The predicted molar refractivity (Wildman–Crippen MR) is 39.7 cm³/mol. The highest BCUT2D eigenvalue weighted by Crippen LogP contribution is 1.87. The molecule has 0 saturated heterocycles. The summed E-state index contributed by atoms with van der Waals surface area (Å²) in [5.41, 5.74) is 5.38. The van der Waals surface area contributed by atoms with Gasteiger partial charge in [-0.05, 0) is 6.92 Å². The van der Waals surface area contributed by atoms with Crippen molar-refractivity contribution < 1.29 is 4.52 Å². The maximum atomic E-state index is 5.38. The molecule has 5 heteroatoms. The fourth-order valence-electron chi connectivity index (χ4n) is 0.619. The largest absolute Gasteiger partial charge is 0.343 e. The Morgan fingerprint density at radius 2 is 2.64 bits per heavy atom. The van der Waals surface area contributed by atoms with E-state index in [1.165, 1.54) is 6.39 Å². The SMILES string of the molecule is CC(CN)NCc1ncon1. The number of nitrogens with zero attached hydrogens (tertiary/aromatic N) is 2. The van der Waals surface area contributed by atoms with Crippen LogP contribution in [-0.2, 0) is 6.54 Å². The molecule has 1 aromatic heterocycles. The van der Waals surface area contributed by atoms with Crippen LogP contribution >= 0.6 is 0 Å². The van der Waals surface area contributed by atoms with Gasteiger partial charge in [-0.15, -0.1) is 0 Å². The van der Waals surface area contributed by atoms with Gasteiger partial charge in [0.25, 0.3) is 0 Å². The van der Waals surface area contributed by atoms with Crippen LogP contribution in [0.25, 0.3) is 0 Å². The molecule has 0 aliphatic heterocycles. The maximum Gasteiger partial charge on any atom is 0.213 e. The summed E-state index contributed by atoms with van der Waals surface area (Å²) in [6.07, 6.45) is 1.31. The minimum absolute atomic E-state index is 0.286. The Labute approximate surface area is 65.0 Å². The fourth-order valence-corrected chi connectivity index (χ4v) is 0.619. The smallest absolute Gasteiger partial charge is 0.213 e. The van der Waals surface area contributed by atoms with Crippen molar-refractivity contribution in [2.45, 2.75) is 19.5 Å². The third-order valence-electron chi connectivity index (χ3n) is 1.37. The van der Waals surface area contributed by atoms with Gasteiger partial charge in [0.05, 0.1) is 6.54 Å². The molecule has 5 nitrogen and oxygen atoms in total. The highest BCUT2D eigenvalue weighted by Gasteiger charge is 2.00. The number of nitrogens with one attached hydrogen (secondary N) is 1. The maximum absolute atomic E-state index is 5.38. The topological polar surface area (TPSA) is 77.0 Å². The van der Waals surface area contributed by atoms with Crippen molar-refractivity contribution in [3.63, 3.8) is 0 Å². The Morgan fingerprint density at radius 3 is 3.18 bits per heavy atom. The third kappa shape index (κ3) is 2.65. The van der Waals surface area contributed by atoms with Gasteiger partial charge in [0.2, 0.25) is 6.39 Å². The van der Waals surface area contributed by atoms with Gasteiger partial charge in [-0.3, -0.25) is 0 Å². The molecule has 1 unspecified atom stereocenters. The first-order valence-electron chi connectivity index (χ1n) is 3.51. The lowest BCUT2D eigenvalue weighted by Gasteiger charge is -2.07. The van der Waals surface area contributed by atoms with Gasteiger partial charge < -0.3 is 15.6 Å². The van der Waals surface area contributed by atoms with E-state index in [1.807, 2.05) is 6.92 Å². The molecule has 1 rings (SSSR count). The lowest BCUT2D eigenvalue weighted by molar-refractivity contribution is 0.405. The molecular weight excluding hydrogens is 144 g/mol. The van der Waals surface area contributed by atoms with Crippen LogP contribution in [0.3, 0.4) is 0 Å². The van der Waals surface area contributed by atoms with Crippen LogP contribution in [0.15, 0.2) is 10.9 Å². The third-order valence-corrected chi connectivity index (χ3v) is 1.37. The summed E-state index contributed by atoms with van der Waals surface area (Å²) >= 11 is 0. The fraction of sp³-hybridized carbons (Fsp3) is 0.667. The summed E-state index contributed by atoms with van der Waals surface area (Å²) in [7, 11) is 0. The molecule has 62 valence electrons. The summed E-state index contributed by atoms with van der Waals surface area (Å²) in [6, 6.07) is 0.286. The highest BCUT2D eigenvalue weighted by atomic mass is 16.5. The molecule has 0 radical (unpaired) electrons. The van der Waals surface area contributed by atoms with Crippen molar-refractivity contribution in [1.82, 2.24) is 15.5 Å². The van der Waals surface area contributed by atoms with E-state index in [0.717, 1.165) is 0 Å². The molecule has 0 aromatic carbocycles. The molecule has 0 aliphatic carbocycles. The zero-order chi connectivity index (χ0) is 8.10. The molecule has 0 spiro atoms. The van der Waals surface area contributed by atoms with Gasteiger partial charge in [-0.25, -0.2) is 0 Å². The molecular formula is C6H12N4O. The van der Waals surface area contributed by atoms with E-state index < -0.39 is 0 Å². The average molecular weight is 156 g/mol. The number of hydrogen-bond donors (Lipinski definition) is 2. The molecule has 0 saturated carbocycles. The van der Waals surface area contributed by atoms with Crippen LogP contribution in [0.2, 0.25) is 0 Å². The second-order valence-corrected chi connectivity index (χ2v) is 2.37. The van der Waals surface area contributed by atoms with E-state index in [0.29, 0.717) is 18.9 Å². The molecule has 0 fully saturated rings. The van der Waals surface area contributed by atoms with Gasteiger partial charge in [0.1, 0.15) is 0 Å². The zero-order valence-electron chi connectivity index (χ0n) is 6.45. The quantitative estimate of drug-likeness (QED) is 0.615. The van der Waals surface area contributed by atoms with Crippen molar-refractivity contribution in [3.05, 3.63) is 12.2 Å². The van der Waals surface area contributed by atoms with E-state index >= 15 is 0 Å². The summed E-state index contributed by atoms with van der Waals surface area (Å²) < 4.78 is 4.55. The lowest BCUT2D eigenvalue weighted by atomic mass is 10.3. The first-order chi connectivity index (χ1) is 5.33. The molecule has 1 aromatic rings. The molecule has 3 N–H and O–H groups in total. The second-order valence-electron chi connectivity index (χ2n) is 2.37. The number of nitrogens with two attached hydrogens (primary N) is 1. The minimum atomic E-state index is 0.286. The Morgan fingerprint density at radius 1 is 1.82 bits per heavy atom. The van der Waals surface area contributed by atoms with Gasteiger partial charge in [-0.2, -0.15) is 4.98 Å².